The summed E-state index contributed by atoms with van der Waals surface area (Å²) in [6.45, 7) is 4.50. The maximum Gasteiger partial charge on any atom is 0.160 e. The average Bonchev–Trinajstić information content (AvgIpc) is 2.77. The Morgan fingerprint density at radius 3 is 2.57 bits per heavy atom. The van der Waals surface area contributed by atoms with E-state index in [2.05, 4.69) is 36.2 Å². The number of hydrogen-bond donors (Lipinski definition) is 1. The normalized spacial score (nSPS) is 11.0. The van der Waals surface area contributed by atoms with Gasteiger partial charge >= 0.3 is 0 Å². The molecule has 0 amide bonds. The van der Waals surface area contributed by atoms with Gasteiger partial charge in [-0.15, -0.1) is 0 Å². The summed E-state index contributed by atoms with van der Waals surface area (Å²) in [5.41, 5.74) is 10.7. The lowest BCUT2D eigenvalue weighted by atomic mass is 10.1. The van der Waals surface area contributed by atoms with E-state index >= 15 is 0 Å². The van der Waals surface area contributed by atoms with Gasteiger partial charge in [0, 0.05) is 11.8 Å². The summed E-state index contributed by atoms with van der Waals surface area (Å²) >= 11 is 5.06. The highest BCUT2D eigenvalue weighted by molar-refractivity contribution is 7.80. The molecule has 2 heterocycles. The molecule has 0 aliphatic carbocycles. The van der Waals surface area contributed by atoms with E-state index in [0.29, 0.717) is 11.5 Å². The van der Waals surface area contributed by atoms with E-state index in [0.717, 1.165) is 28.1 Å². The third-order valence-electron chi connectivity index (χ3n) is 3.35. The molecule has 3 rings (SSSR count). The standard InChI is InChI=1S/C16H16N4S/c1-10-3-5-12(6-4-10)15-19-13-7-11(2)8-18-16(13)20(15)9-14(17)21/h3-8H,9H2,1-2H3,(H2,17,21). The van der Waals surface area contributed by atoms with Crippen molar-refractivity contribution in [2.24, 2.45) is 5.73 Å². The Balaban J connectivity index is 2.24. The molecule has 0 aliphatic rings. The lowest BCUT2D eigenvalue weighted by molar-refractivity contribution is 0.881. The lowest BCUT2D eigenvalue weighted by Gasteiger charge is -2.07. The van der Waals surface area contributed by atoms with Crippen LogP contribution in [0.1, 0.15) is 11.1 Å². The average molecular weight is 296 g/mol. The Hall–Kier alpha value is -2.27. The summed E-state index contributed by atoms with van der Waals surface area (Å²) in [4.78, 5) is 9.62. The molecule has 21 heavy (non-hydrogen) atoms. The number of hydrogen-bond acceptors (Lipinski definition) is 3. The van der Waals surface area contributed by atoms with Crippen LogP contribution in [0.5, 0.6) is 0 Å². The highest BCUT2D eigenvalue weighted by Crippen LogP contribution is 2.24. The smallest absolute Gasteiger partial charge is 0.160 e. The number of benzene rings is 1. The van der Waals surface area contributed by atoms with Crippen LogP contribution in [0.25, 0.3) is 22.6 Å². The largest absolute Gasteiger partial charge is 0.392 e. The molecule has 4 nitrogen and oxygen atoms in total. The van der Waals surface area contributed by atoms with Crippen LogP contribution in [0.15, 0.2) is 36.5 Å². The van der Waals surface area contributed by atoms with Crippen molar-refractivity contribution in [3.8, 4) is 11.4 Å². The first-order chi connectivity index (χ1) is 10.0. The number of aryl methyl sites for hydroxylation is 2. The van der Waals surface area contributed by atoms with Crippen LogP contribution >= 0.6 is 12.2 Å². The van der Waals surface area contributed by atoms with E-state index in [-0.39, 0.29) is 0 Å². The fourth-order valence-electron chi connectivity index (χ4n) is 2.34. The second-order valence-electron chi connectivity index (χ2n) is 5.21. The van der Waals surface area contributed by atoms with Gasteiger partial charge in [0.05, 0.1) is 11.5 Å². The summed E-state index contributed by atoms with van der Waals surface area (Å²) < 4.78 is 1.97. The number of nitrogens with two attached hydrogens (primary N) is 1. The first kappa shape index (κ1) is 13.7. The Morgan fingerprint density at radius 2 is 1.90 bits per heavy atom. The molecule has 1 aromatic carbocycles. The zero-order valence-electron chi connectivity index (χ0n) is 12.0. The number of fused-ring (bicyclic) bond motifs is 1. The molecule has 0 spiro atoms. The van der Waals surface area contributed by atoms with Gasteiger partial charge < -0.3 is 10.3 Å². The van der Waals surface area contributed by atoms with Crippen LogP contribution in [-0.2, 0) is 6.54 Å². The monoisotopic (exact) mass is 296 g/mol. The van der Waals surface area contributed by atoms with Crippen LogP contribution < -0.4 is 5.73 Å². The van der Waals surface area contributed by atoms with Crippen molar-refractivity contribution >= 4 is 28.4 Å². The van der Waals surface area contributed by atoms with Crippen molar-refractivity contribution in [2.75, 3.05) is 0 Å². The highest BCUT2D eigenvalue weighted by Gasteiger charge is 2.14. The van der Waals surface area contributed by atoms with Crippen molar-refractivity contribution in [3.63, 3.8) is 0 Å². The number of nitrogens with zero attached hydrogens (tertiary/aromatic N) is 3. The molecule has 0 radical (unpaired) electrons. The molecule has 0 saturated heterocycles. The van der Waals surface area contributed by atoms with Crippen molar-refractivity contribution < 1.29 is 0 Å². The summed E-state index contributed by atoms with van der Waals surface area (Å²) in [5.74, 6) is 0.843. The third kappa shape index (κ3) is 2.64. The summed E-state index contributed by atoms with van der Waals surface area (Å²) in [6.07, 6.45) is 1.83. The minimum absolute atomic E-state index is 0.421. The molecule has 0 unspecified atom stereocenters. The first-order valence-corrected chi connectivity index (χ1v) is 7.13. The third-order valence-corrected chi connectivity index (χ3v) is 3.47. The van der Waals surface area contributed by atoms with Crippen molar-refractivity contribution in [1.29, 1.82) is 0 Å². The maximum atomic E-state index is 5.73. The number of pyridine rings is 1. The fraction of sp³-hybridized carbons (Fsp3) is 0.188. The summed E-state index contributed by atoms with van der Waals surface area (Å²) in [7, 11) is 0. The van der Waals surface area contributed by atoms with E-state index < -0.39 is 0 Å². The number of rotatable bonds is 3. The van der Waals surface area contributed by atoms with Gasteiger partial charge in [-0.3, -0.25) is 0 Å². The Morgan fingerprint density at radius 1 is 1.19 bits per heavy atom. The van der Waals surface area contributed by atoms with Gasteiger partial charge in [-0.25, -0.2) is 9.97 Å². The maximum absolute atomic E-state index is 5.73. The van der Waals surface area contributed by atoms with Crippen LogP contribution in [0.4, 0.5) is 0 Å². The molecule has 0 fully saturated rings. The number of thiocarbonyl (C=S) groups is 1. The van der Waals surface area contributed by atoms with Gasteiger partial charge in [0.25, 0.3) is 0 Å². The number of imidazole rings is 1. The van der Waals surface area contributed by atoms with Gasteiger partial charge in [0.1, 0.15) is 11.3 Å². The van der Waals surface area contributed by atoms with Crippen LogP contribution in [0, 0.1) is 13.8 Å². The summed E-state index contributed by atoms with van der Waals surface area (Å²) in [6, 6.07) is 10.3. The van der Waals surface area contributed by atoms with Gasteiger partial charge in [0.2, 0.25) is 0 Å². The van der Waals surface area contributed by atoms with E-state index in [1.165, 1.54) is 5.56 Å². The lowest BCUT2D eigenvalue weighted by Crippen LogP contribution is -2.17. The molecular formula is C16H16N4S. The molecule has 2 aromatic heterocycles. The molecular weight excluding hydrogens is 280 g/mol. The Bertz CT molecular complexity index is 818. The predicted molar refractivity (Wildman–Crippen MR) is 89.2 cm³/mol. The van der Waals surface area contributed by atoms with E-state index in [1.54, 1.807) is 0 Å². The SMILES string of the molecule is Cc1ccc(-c2nc3cc(C)cnc3n2CC(N)=S)cc1. The van der Waals surface area contributed by atoms with Gasteiger partial charge in [0.15, 0.2) is 5.65 Å². The zero-order chi connectivity index (χ0) is 15.0. The predicted octanol–water partition coefficient (Wildman–Crippen LogP) is 3.00. The van der Waals surface area contributed by atoms with Crippen molar-refractivity contribution in [2.45, 2.75) is 20.4 Å². The number of aromatic nitrogens is 3. The highest BCUT2D eigenvalue weighted by atomic mass is 32.1. The molecule has 0 aliphatic heterocycles. The zero-order valence-corrected chi connectivity index (χ0v) is 12.8. The van der Waals surface area contributed by atoms with Crippen LogP contribution in [-0.4, -0.2) is 19.5 Å². The molecule has 0 bridgehead atoms. The fourth-order valence-corrected chi connectivity index (χ4v) is 2.47. The van der Waals surface area contributed by atoms with Crippen molar-refractivity contribution in [3.05, 3.63) is 47.7 Å². The molecule has 2 N–H and O–H groups in total. The second-order valence-corrected chi connectivity index (χ2v) is 5.73. The van der Waals surface area contributed by atoms with E-state index in [4.69, 9.17) is 22.9 Å². The van der Waals surface area contributed by atoms with E-state index in [9.17, 15) is 0 Å². The van der Waals surface area contributed by atoms with Crippen LogP contribution in [0.3, 0.4) is 0 Å². The van der Waals surface area contributed by atoms with Gasteiger partial charge in [-0.05, 0) is 25.5 Å². The first-order valence-electron chi connectivity index (χ1n) is 6.73. The second kappa shape index (κ2) is 5.26. The molecule has 5 heteroatoms. The molecule has 3 aromatic rings. The quantitative estimate of drug-likeness (QED) is 0.755. The Labute approximate surface area is 128 Å². The molecule has 0 saturated carbocycles. The van der Waals surface area contributed by atoms with Gasteiger partial charge in [-0.2, -0.15) is 0 Å². The minimum atomic E-state index is 0.421. The van der Waals surface area contributed by atoms with Crippen molar-refractivity contribution in [1.82, 2.24) is 14.5 Å². The van der Waals surface area contributed by atoms with Crippen LogP contribution in [0.2, 0.25) is 0 Å². The Kier molecular flexibility index (Phi) is 3.43. The summed E-state index contributed by atoms with van der Waals surface area (Å²) in [5, 5.41) is 0. The molecule has 106 valence electrons. The topological polar surface area (TPSA) is 56.7 Å². The van der Waals surface area contributed by atoms with Gasteiger partial charge in [-0.1, -0.05) is 42.0 Å². The molecule has 0 atom stereocenters. The minimum Gasteiger partial charge on any atom is -0.392 e. The van der Waals surface area contributed by atoms with E-state index in [1.807, 2.05) is 23.8 Å².